The Hall–Kier alpha value is -0.770. The van der Waals surface area contributed by atoms with Gasteiger partial charge in [0.1, 0.15) is 0 Å². The average Bonchev–Trinajstić information content (AvgIpc) is 2.86. The summed E-state index contributed by atoms with van der Waals surface area (Å²) in [5.41, 5.74) is 0. The van der Waals surface area contributed by atoms with Gasteiger partial charge in [-0.2, -0.15) is 0 Å². The Morgan fingerprint density at radius 1 is 1.62 bits per heavy atom. The van der Waals surface area contributed by atoms with Crippen molar-refractivity contribution in [3.05, 3.63) is 0 Å². The molecule has 13 heavy (non-hydrogen) atoms. The molecule has 0 aromatic rings. The molecule has 1 aliphatic rings. The van der Waals surface area contributed by atoms with Crippen LogP contribution in [0.5, 0.6) is 0 Å². The summed E-state index contributed by atoms with van der Waals surface area (Å²) in [7, 11) is 0. The molecule has 0 radical (unpaired) electrons. The van der Waals surface area contributed by atoms with E-state index in [9.17, 15) is 4.79 Å². The summed E-state index contributed by atoms with van der Waals surface area (Å²) in [6, 6.07) is 0.585. The largest absolute Gasteiger partial charge is 0.450 e. The highest BCUT2D eigenvalue weighted by atomic mass is 16.5. The van der Waals surface area contributed by atoms with Crippen molar-refractivity contribution in [3.8, 4) is 0 Å². The lowest BCUT2D eigenvalue weighted by Crippen LogP contribution is -2.29. The van der Waals surface area contributed by atoms with Crippen molar-refractivity contribution in [1.29, 1.82) is 0 Å². The van der Waals surface area contributed by atoms with Gasteiger partial charge in [-0.25, -0.2) is 4.79 Å². The number of alkyl carbamates (subject to hydrolysis) is 1. The number of hydrogen-bond donors (Lipinski definition) is 1. The zero-order valence-corrected chi connectivity index (χ0v) is 8.38. The highest BCUT2D eigenvalue weighted by Gasteiger charge is 2.23. The van der Waals surface area contributed by atoms with Crippen molar-refractivity contribution < 1.29 is 9.53 Å². The molecule has 76 valence electrons. The predicted molar refractivity (Wildman–Crippen MR) is 50.7 cm³/mol. The molecule has 1 atom stereocenters. The van der Waals surface area contributed by atoms with E-state index in [4.69, 9.17) is 4.74 Å². The molecule has 0 saturated carbocycles. The van der Waals surface area contributed by atoms with E-state index in [1.54, 1.807) is 6.92 Å². The Bertz CT molecular complexity index is 169. The normalized spacial score (nSPS) is 18.0. The lowest BCUT2D eigenvalue weighted by Gasteiger charge is -2.12. The zero-order chi connectivity index (χ0) is 9.68. The summed E-state index contributed by atoms with van der Waals surface area (Å²) in [6.07, 6.45) is 0.694. The second-order valence-electron chi connectivity index (χ2n) is 3.32. The van der Waals surface area contributed by atoms with E-state index in [0.29, 0.717) is 19.2 Å². The topological polar surface area (TPSA) is 41.3 Å². The van der Waals surface area contributed by atoms with Crippen molar-refractivity contribution in [1.82, 2.24) is 10.2 Å². The lowest BCUT2D eigenvalue weighted by atomic mass is 10.2. The fourth-order valence-corrected chi connectivity index (χ4v) is 1.25. The smallest absolute Gasteiger partial charge is 0.407 e. The van der Waals surface area contributed by atoms with Crippen LogP contribution >= 0.6 is 0 Å². The van der Waals surface area contributed by atoms with Crippen LogP contribution in [0.15, 0.2) is 0 Å². The molecule has 0 aliphatic carbocycles. The number of carbonyl (C=O) groups excluding carboxylic acids is 1. The van der Waals surface area contributed by atoms with Crippen LogP contribution in [0, 0.1) is 0 Å². The highest BCUT2D eigenvalue weighted by Crippen LogP contribution is 2.11. The first-order valence-corrected chi connectivity index (χ1v) is 4.88. The van der Waals surface area contributed by atoms with Gasteiger partial charge in [-0.05, 0) is 20.3 Å². The van der Waals surface area contributed by atoms with Crippen molar-refractivity contribution in [3.63, 3.8) is 0 Å². The third-order valence-electron chi connectivity index (χ3n) is 2.21. The standard InChI is InChI=1S/C9H18N2O2/c1-3-13-9(12)10-5-4-8(2)11-6-7-11/h8H,3-7H2,1-2H3,(H,10,12). The summed E-state index contributed by atoms with van der Waals surface area (Å²) >= 11 is 0. The summed E-state index contributed by atoms with van der Waals surface area (Å²) in [4.78, 5) is 13.2. The minimum atomic E-state index is -0.305. The summed E-state index contributed by atoms with van der Waals surface area (Å²) in [5, 5.41) is 2.71. The fraction of sp³-hybridized carbons (Fsp3) is 0.889. The van der Waals surface area contributed by atoms with Gasteiger partial charge in [-0.15, -0.1) is 0 Å². The number of nitrogens with zero attached hydrogens (tertiary/aromatic N) is 1. The van der Waals surface area contributed by atoms with Gasteiger partial charge in [-0.3, -0.25) is 4.90 Å². The van der Waals surface area contributed by atoms with Gasteiger partial charge in [0, 0.05) is 25.7 Å². The molecule has 1 saturated heterocycles. The van der Waals surface area contributed by atoms with E-state index >= 15 is 0 Å². The quantitative estimate of drug-likeness (QED) is 0.646. The van der Waals surface area contributed by atoms with Gasteiger partial charge in [0.15, 0.2) is 0 Å². The number of ether oxygens (including phenoxy) is 1. The fourth-order valence-electron chi connectivity index (χ4n) is 1.25. The third kappa shape index (κ3) is 4.12. The minimum absolute atomic E-state index is 0.305. The molecule has 1 rings (SSSR count). The van der Waals surface area contributed by atoms with Crippen molar-refractivity contribution in [2.45, 2.75) is 26.3 Å². The Kier molecular flexibility index (Phi) is 4.02. The molecular weight excluding hydrogens is 168 g/mol. The van der Waals surface area contributed by atoms with E-state index in [0.717, 1.165) is 6.42 Å². The van der Waals surface area contributed by atoms with Crippen LogP contribution in [0.3, 0.4) is 0 Å². The number of rotatable bonds is 5. The first kappa shape index (κ1) is 10.3. The minimum Gasteiger partial charge on any atom is -0.450 e. The maximum Gasteiger partial charge on any atom is 0.407 e. The molecule has 0 aromatic carbocycles. The molecule has 1 unspecified atom stereocenters. The molecule has 4 nitrogen and oxygen atoms in total. The predicted octanol–water partition coefficient (Wildman–Crippen LogP) is 0.827. The van der Waals surface area contributed by atoms with Crippen LogP contribution in [0.2, 0.25) is 0 Å². The first-order valence-electron chi connectivity index (χ1n) is 4.88. The van der Waals surface area contributed by atoms with Gasteiger partial charge in [0.05, 0.1) is 6.61 Å². The number of carbonyl (C=O) groups is 1. The molecule has 1 heterocycles. The Morgan fingerprint density at radius 2 is 2.31 bits per heavy atom. The maximum atomic E-state index is 10.9. The maximum absolute atomic E-state index is 10.9. The van der Waals surface area contributed by atoms with Crippen molar-refractivity contribution in [2.75, 3.05) is 26.2 Å². The molecule has 4 heteroatoms. The average molecular weight is 186 g/mol. The Morgan fingerprint density at radius 3 is 2.85 bits per heavy atom. The van der Waals surface area contributed by atoms with Crippen LogP contribution in [-0.2, 0) is 4.74 Å². The molecule has 0 spiro atoms. The number of hydrogen-bond acceptors (Lipinski definition) is 3. The van der Waals surface area contributed by atoms with Gasteiger partial charge >= 0.3 is 6.09 Å². The zero-order valence-electron chi connectivity index (χ0n) is 8.38. The molecule has 0 aromatic heterocycles. The lowest BCUT2D eigenvalue weighted by molar-refractivity contribution is 0.151. The molecule has 1 fully saturated rings. The summed E-state index contributed by atoms with van der Waals surface area (Å²) < 4.78 is 4.74. The van der Waals surface area contributed by atoms with Crippen LogP contribution in [-0.4, -0.2) is 43.3 Å². The van der Waals surface area contributed by atoms with E-state index < -0.39 is 0 Å². The van der Waals surface area contributed by atoms with Gasteiger partial charge < -0.3 is 10.1 Å². The van der Waals surface area contributed by atoms with Gasteiger partial charge in [-0.1, -0.05) is 0 Å². The monoisotopic (exact) mass is 186 g/mol. The molecule has 0 bridgehead atoms. The Balaban J connectivity index is 1.96. The van der Waals surface area contributed by atoms with E-state index in [1.165, 1.54) is 13.1 Å². The van der Waals surface area contributed by atoms with Crippen LogP contribution in [0.4, 0.5) is 4.79 Å². The molecular formula is C9H18N2O2. The molecule has 1 aliphatic heterocycles. The second kappa shape index (κ2) is 5.07. The van der Waals surface area contributed by atoms with E-state index in [-0.39, 0.29) is 6.09 Å². The highest BCUT2D eigenvalue weighted by molar-refractivity contribution is 5.66. The van der Waals surface area contributed by atoms with E-state index in [2.05, 4.69) is 17.1 Å². The van der Waals surface area contributed by atoms with Gasteiger partial charge in [0.25, 0.3) is 0 Å². The SMILES string of the molecule is CCOC(=O)NCCC(C)N1CC1. The van der Waals surface area contributed by atoms with Crippen LogP contribution in [0.1, 0.15) is 20.3 Å². The van der Waals surface area contributed by atoms with Crippen LogP contribution < -0.4 is 5.32 Å². The molecule has 1 amide bonds. The first-order chi connectivity index (χ1) is 6.24. The number of nitrogens with one attached hydrogen (secondary N) is 1. The Labute approximate surface area is 79.2 Å². The van der Waals surface area contributed by atoms with E-state index in [1.807, 2.05) is 0 Å². The third-order valence-corrected chi connectivity index (χ3v) is 2.21. The van der Waals surface area contributed by atoms with Gasteiger partial charge in [0.2, 0.25) is 0 Å². The summed E-state index contributed by atoms with van der Waals surface area (Å²) in [6.45, 7) is 7.54. The number of amides is 1. The molecule has 1 N–H and O–H groups in total. The summed E-state index contributed by atoms with van der Waals surface area (Å²) in [5.74, 6) is 0. The van der Waals surface area contributed by atoms with Crippen molar-refractivity contribution in [2.24, 2.45) is 0 Å². The van der Waals surface area contributed by atoms with Crippen molar-refractivity contribution >= 4 is 6.09 Å². The second-order valence-corrected chi connectivity index (χ2v) is 3.32. The van der Waals surface area contributed by atoms with Crippen LogP contribution in [0.25, 0.3) is 0 Å².